The first-order valence-electron chi connectivity index (χ1n) is 13.3. The second kappa shape index (κ2) is 14.3. The van der Waals surface area contributed by atoms with Gasteiger partial charge in [-0.25, -0.2) is 4.39 Å². The van der Waals surface area contributed by atoms with Gasteiger partial charge in [0, 0.05) is 44.9 Å². The summed E-state index contributed by atoms with van der Waals surface area (Å²) in [5.74, 6) is -1.15. The van der Waals surface area contributed by atoms with Crippen LogP contribution in [0, 0.1) is 26.0 Å². The molecule has 4 rings (SSSR count). The zero-order valence-corrected chi connectivity index (χ0v) is 22.7. The smallest absolute Gasteiger partial charge is 0.277 e. The van der Waals surface area contributed by atoms with Gasteiger partial charge in [0.2, 0.25) is 5.91 Å². The maximum Gasteiger partial charge on any atom is 0.277 e. The number of nitrogens with zero attached hydrogens (tertiary/aromatic N) is 5. The van der Waals surface area contributed by atoms with Gasteiger partial charge in [0.1, 0.15) is 18.1 Å². The molecular weight excluding hydrogens is 553 g/mol. The Morgan fingerprint density at radius 3 is 2.19 bits per heavy atom. The number of non-ortho nitro benzene ring substituents is 2. The van der Waals surface area contributed by atoms with E-state index in [0.29, 0.717) is 37.5 Å². The fourth-order valence-corrected chi connectivity index (χ4v) is 4.57. The van der Waals surface area contributed by atoms with Crippen LogP contribution in [0.15, 0.2) is 65.3 Å². The summed E-state index contributed by atoms with van der Waals surface area (Å²) in [6, 6.07) is 11.7. The lowest BCUT2D eigenvalue weighted by molar-refractivity contribution is -0.394. The molecule has 13 nitrogen and oxygen atoms in total. The molecule has 0 aliphatic carbocycles. The highest BCUT2D eigenvalue weighted by Crippen LogP contribution is 2.24. The molecule has 42 heavy (non-hydrogen) atoms. The van der Waals surface area contributed by atoms with Gasteiger partial charge in [-0.3, -0.25) is 34.7 Å². The Balaban J connectivity index is 1.58. The maximum atomic E-state index is 13.7. The van der Waals surface area contributed by atoms with Crippen molar-refractivity contribution in [2.45, 2.75) is 19.5 Å². The third-order valence-corrected chi connectivity index (χ3v) is 6.76. The van der Waals surface area contributed by atoms with E-state index in [-0.39, 0.29) is 25.2 Å². The van der Waals surface area contributed by atoms with Gasteiger partial charge >= 0.3 is 0 Å². The zero-order valence-electron chi connectivity index (χ0n) is 22.7. The molecule has 1 aliphatic heterocycles. The normalized spacial score (nSPS) is 13.5. The minimum atomic E-state index is -0.814. The summed E-state index contributed by atoms with van der Waals surface area (Å²) in [6.07, 6.45) is 1.94. The Labute approximate surface area is 240 Å². The molecule has 0 saturated carbocycles. The molecule has 0 unspecified atom stereocenters. The number of amides is 2. The summed E-state index contributed by atoms with van der Waals surface area (Å²) < 4.78 is 24.3. The summed E-state index contributed by atoms with van der Waals surface area (Å²) in [5.41, 5.74) is -0.840. The fraction of sp³-hybridized carbons (Fsp3) is 0.357. The molecule has 1 aromatic heterocycles. The summed E-state index contributed by atoms with van der Waals surface area (Å²) in [4.78, 5) is 53.4. The first-order valence-corrected chi connectivity index (χ1v) is 13.3. The van der Waals surface area contributed by atoms with E-state index in [1.165, 1.54) is 28.2 Å². The minimum absolute atomic E-state index is 0.0707. The third-order valence-electron chi connectivity index (χ3n) is 6.76. The summed E-state index contributed by atoms with van der Waals surface area (Å²) in [7, 11) is 0. The largest absolute Gasteiger partial charge is 0.467 e. The summed E-state index contributed by atoms with van der Waals surface area (Å²) >= 11 is 0. The highest BCUT2D eigenvalue weighted by Gasteiger charge is 2.27. The van der Waals surface area contributed by atoms with Gasteiger partial charge in [0.25, 0.3) is 17.3 Å². The topological polar surface area (TPSA) is 153 Å². The lowest BCUT2D eigenvalue weighted by atomic mass is 10.1. The Morgan fingerprint density at radius 1 is 0.929 bits per heavy atom. The fourth-order valence-electron chi connectivity index (χ4n) is 4.57. The Kier molecular flexibility index (Phi) is 10.3. The van der Waals surface area contributed by atoms with Crippen molar-refractivity contribution in [1.82, 2.24) is 14.7 Å². The van der Waals surface area contributed by atoms with E-state index in [1.807, 2.05) is 0 Å². The summed E-state index contributed by atoms with van der Waals surface area (Å²) in [6.45, 7) is 3.11. The van der Waals surface area contributed by atoms with Crippen molar-refractivity contribution in [2.24, 2.45) is 0 Å². The molecular formula is C28H30FN5O8. The average molecular weight is 584 g/mol. The maximum absolute atomic E-state index is 13.7. The zero-order chi connectivity index (χ0) is 30.1. The molecule has 0 atom stereocenters. The molecule has 2 heterocycles. The Morgan fingerprint density at radius 2 is 1.60 bits per heavy atom. The van der Waals surface area contributed by atoms with Gasteiger partial charge in [-0.15, -0.1) is 0 Å². The number of nitro benzene ring substituents is 2. The van der Waals surface area contributed by atoms with Gasteiger partial charge in [0.05, 0.1) is 47.5 Å². The molecule has 1 saturated heterocycles. The highest BCUT2D eigenvalue weighted by molar-refractivity contribution is 5.97. The van der Waals surface area contributed by atoms with Gasteiger partial charge in [-0.05, 0) is 36.2 Å². The number of ether oxygens (including phenoxy) is 1. The van der Waals surface area contributed by atoms with Crippen LogP contribution in [0.25, 0.3) is 0 Å². The molecule has 1 aliphatic rings. The van der Waals surface area contributed by atoms with Gasteiger partial charge < -0.3 is 19.0 Å². The number of hydrogen-bond acceptors (Lipinski definition) is 9. The van der Waals surface area contributed by atoms with Crippen molar-refractivity contribution in [3.8, 4) is 0 Å². The van der Waals surface area contributed by atoms with Gasteiger partial charge in [0.15, 0.2) is 0 Å². The number of morpholine rings is 1. The van der Waals surface area contributed by atoms with E-state index in [4.69, 9.17) is 9.15 Å². The van der Waals surface area contributed by atoms with Crippen LogP contribution in [0.1, 0.15) is 28.1 Å². The molecule has 3 aromatic rings. The van der Waals surface area contributed by atoms with Crippen LogP contribution >= 0.6 is 0 Å². The van der Waals surface area contributed by atoms with E-state index in [1.54, 1.807) is 24.3 Å². The molecule has 0 spiro atoms. The van der Waals surface area contributed by atoms with Gasteiger partial charge in [-0.2, -0.15) is 0 Å². The lowest BCUT2D eigenvalue weighted by Gasteiger charge is -2.30. The van der Waals surface area contributed by atoms with Crippen LogP contribution in [0.3, 0.4) is 0 Å². The first-order chi connectivity index (χ1) is 20.2. The quantitative estimate of drug-likeness (QED) is 0.217. The van der Waals surface area contributed by atoms with E-state index >= 15 is 0 Å². The van der Waals surface area contributed by atoms with E-state index in [0.717, 1.165) is 31.3 Å². The first kappa shape index (κ1) is 30.3. The molecule has 0 bridgehead atoms. The number of carbonyl (C=O) groups excluding carboxylic acids is 2. The standard InChI is InChI=1S/C28H30FN5O8/c29-23-6-4-21(5-7-23)18-32(19-26-3-1-12-42-26)27(35)20-31(9-2-8-30-10-13-41-14-11-30)28(36)22-15-24(33(37)38)17-25(16-22)34(39)40/h1,3-7,12,15-17H,2,8-11,13-14,18-20H2. The number of furan rings is 1. The predicted octanol–water partition coefficient (Wildman–Crippen LogP) is 3.63. The van der Waals surface area contributed by atoms with E-state index in [2.05, 4.69) is 4.90 Å². The van der Waals surface area contributed by atoms with Crippen LogP contribution in [0.4, 0.5) is 15.8 Å². The molecule has 222 valence electrons. The molecule has 14 heteroatoms. The third kappa shape index (κ3) is 8.41. The van der Waals surface area contributed by atoms with Crippen molar-refractivity contribution in [3.63, 3.8) is 0 Å². The summed E-state index contributed by atoms with van der Waals surface area (Å²) in [5, 5.41) is 22.9. The van der Waals surface area contributed by atoms with Crippen LogP contribution in [-0.2, 0) is 22.6 Å². The van der Waals surface area contributed by atoms with Crippen LogP contribution in [0.2, 0.25) is 0 Å². The second-order valence-electron chi connectivity index (χ2n) is 9.74. The van der Waals surface area contributed by atoms with Crippen molar-refractivity contribution >= 4 is 23.2 Å². The molecule has 2 amide bonds. The number of benzene rings is 2. The molecule has 0 N–H and O–H groups in total. The van der Waals surface area contributed by atoms with Crippen molar-refractivity contribution < 1.29 is 33.0 Å². The predicted molar refractivity (Wildman–Crippen MR) is 147 cm³/mol. The number of carbonyl (C=O) groups is 2. The molecule has 0 radical (unpaired) electrons. The minimum Gasteiger partial charge on any atom is -0.467 e. The van der Waals surface area contributed by atoms with Crippen molar-refractivity contribution in [3.05, 3.63) is 104 Å². The second-order valence-corrected chi connectivity index (χ2v) is 9.74. The van der Waals surface area contributed by atoms with Crippen LogP contribution in [0.5, 0.6) is 0 Å². The average Bonchev–Trinajstić information content (AvgIpc) is 3.50. The molecule has 2 aromatic carbocycles. The van der Waals surface area contributed by atoms with E-state index in [9.17, 15) is 34.2 Å². The van der Waals surface area contributed by atoms with Crippen molar-refractivity contribution in [1.29, 1.82) is 0 Å². The number of hydrogen-bond donors (Lipinski definition) is 0. The number of nitro groups is 2. The van der Waals surface area contributed by atoms with Crippen molar-refractivity contribution in [2.75, 3.05) is 45.9 Å². The van der Waals surface area contributed by atoms with Gasteiger partial charge in [-0.1, -0.05) is 12.1 Å². The number of rotatable bonds is 13. The lowest BCUT2D eigenvalue weighted by Crippen LogP contribution is -2.44. The van der Waals surface area contributed by atoms with E-state index < -0.39 is 45.4 Å². The Bertz CT molecular complexity index is 1360. The highest BCUT2D eigenvalue weighted by atomic mass is 19.1. The molecule has 1 fully saturated rings. The Hall–Kier alpha value is -4.69. The van der Waals surface area contributed by atoms with Crippen LogP contribution in [-0.4, -0.2) is 82.3 Å². The monoisotopic (exact) mass is 583 g/mol. The SMILES string of the molecule is O=C(CN(CCCN1CCOCC1)C(=O)c1cc([N+](=O)[O-])cc([N+](=O)[O-])c1)N(Cc1ccc(F)cc1)Cc1ccco1. The number of halogens is 1. The van der Waals surface area contributed by atoms with Crippen LogP contribution < -0.4 is 0 Å².